The Labute approximate surface area is 161 Å². The van der Waals surface area contributed by atoms with Crippen LogP contribution in [0.3, 0.4) is 0 Å². The molecule has 3 N–H and O–H groups in total. The number of rotatable bonds is 7. The molecule has 0 spiro atoms. The number of aliphatic carboxylic acids is 1. The molecule has 7 nitrogen and oxygen atoms in total. The predicted octanol–water partition coefficient (Wildman–Crippen LogP) is 2.46. The van der Waals surface area contributed by atoms with E-state index in [-0.39, 0.29) is 12.0 Å². The van der Waals surface area contributed by atoms with Crippen LogP contribution in [0, 0.1) is 5.41 Å². The highest BCUT2D eigenvalue weighted by atomic mass is 16.5. The van der Waals surface area contributed by atoms with Crippen molar-refractivity contribution in [1.82, 2.24) is 0 Å². The van der Waals surface area contributed by atoms with E-state index in [0.29, 0.717) is 24.1 Å². The van der Waals surface area contributed by atoms with Gasteiger partial charge in [0.05, 0.1) is 6.10 Å². The van der Waals surface area contributed by atoms with E-state index in [9.17, 15) is 14.4 Å². The Morgan fingerprint density at radius 3 is 2.57 bits per heavy atom. The van der Waals surface area contributed by atoms with Gasteiger partial charge in [-0.3, -0.25) is 9.59 Å². The lowest BCUT2D eigenvalue weighted by Crippen LogP contribution is -2.28. The lowest BCUT2D eigenvalue weighted by atomic mass is 9.89. The van der Waals surface area contributed by atoms with E-state index in [0.717, 1.165) is 23.1 Å². The van der Waals surface area contributed by atoms with Crippen LogP contribution < -0.4 is 5.32 Å². The van der Waals surface area contributed by atoms with E-state index < -0.39 is 18.4 Å². The summed E-state index contributed by atoms with van der Waals surface area (Å²) < 4.78 is 5.42. The number of carboxylic acid groups (broad SMARTS) is 1. The van der Waals surface area contributed by atoms with Crippen LogP contribution in [-0.2, 0) is 27.2 Å². The van der Waals surface area contributed by atoms with Crippen molar-refractivity contribution in [2.45, 2.75) is 25.4 Å². The summed E-state index contributed by atoms with van der Waals surface area (Å²) >= 11 is 0. The number of carboxylic acids is 1. The minimum absolute atomic E-state index is 0.191. The normalized spacial score (nSPS) is 15.4. The molecule has 1 unspecified atom stereocenters. The third kappa shape index (κ3) is 4.69. The van der Waals surface area contributed by atoms with Crippen LogP contribution in [0.4, 0.5) is 5.69 Å². The number of hydrogen-bond acceptors (Lipinski definition) is 5. The zero-order valence-corrected chi connectivity index (χ0v) is 15.1. The average Bonchev–Trinajstić information content (AvgIpc) is 2.71. The summed E-state index contributed by atoms with van der Waals surface area (Å²) in [5.41, 5.74) is 4.10. The van der Waals surface area contributed by atoms with Gasteiger partial charge in [-0.1, -0.05) is 18.2 Å². The molecule has 0 saturated heterocycles. The molecule has 28 heavy (non-hydrogen) atoms. The molecule has 0 heterocycles. The number of aryl methyl sites for hydroxylation is 1. The van der Waals surface area contributed by atoms with Crippen LogP contribution in [-0.4, -0.2) is 41.7 Å². The van der Waals surface area contributed by atoms with E-state index >= 15 is 0 Å². The Bertz CT molecular complexity index is 921. The Morgan fingerprint density at radius 2 is 1.89 bits per heavy atom. The first kappa shape index (κ1) is 19.4. The molecule has 1 aliphatic rings. The van der Waals surface area contributed by atoms with E-state index in [1.807, 2.05) is 18.2 Å². The maximum atomic E-state index is 12.4. The summed E-state index contributed by atoms with van der Waals surface area (Å²) in [5, 5.41) is 18.7. The van der Waals surface area contributed by atoms with Crippen LogP contribution in [0.1, 0.15) is 33.5 Å². The van der Waals surface area contributed by atoms with Crippen molar-refractivity contribution < 1.29 is 24.2 Å². The number of benzene rings is 2. The summed E-state index contributed by atoms with van der Waals surface area (Å²) in [6, 6.07) is 12.4. The lowest BCUT2D eigenvalue weighted by molar-refractivity contribution is -0.152. The topological polar surface area (TPSA) is 117 Å². The zero-order chi connectivity index (χ0) is 20.1. The van der Waals surface area contributed by atoms with Gasteiger partial charge in [0, 0.05) is 17.5 Å². The third-order valence-electron chi connectivity index (χ3n) is 4.68. The standard InChI is InChI=1S/C21H20N2O5/c22-11-13-1-3-14(4-2-13)20(25)23-17-7-5-16-10-18(8-6-15(16)9-17)28-12-19(24)21(26)27/h1-5,7,9,11,18,22H,6,8,10,12H2,(H,23,25)(H,26,27). The van der Waals surface area contributed by atoms with E-state index in [1.165, 1.54) is 6.21 Å². The minimum atomic E-state index is -1.48. The molecule has 0 radical (unpaired) electrons. The summed E-state index contributed by atoms with van der Waals surface area (Å²) in [7, 11) is 0. The fourth-order valence-corrected chi connectivity index (χ4v) is 3.13. The number of fused-ring (bicyclic) bond motifs is 1. The smallest absolute Gasteiger partial charge is 0.374 e. The molecule has 0 saturated carbocycles. The first-order valence-electron chi connectivity index (χ1n) is 8.87. The van der Waals surface area contributed by atoms with Gasteiger partial charge in [-0.25, -0.2) is 4.79 Å². The van der Waals surface area contributed by atoms with Gasteiger partial charge in [-0.05, 0) is 60.2 Å². The van der Waals surface area contributed by atoms with Gasteiger partial charge in [0.25, 0.3) is 11.7 Å². The summed E-state index contributed by atoms with van der Waals surface area (Å²) in [4.78, 5) is 34.1. The maximum Gasteiger partial charge on any atom is 0.374 e. The largest absolute Gasteiger partial charge is 0.475 e. The molecule has 1 amide bonds. The van der Waals surface area contributed by atoms with Gasteiger partial charge >= 0.3 is 5.97 Å². The molecular formula is C21H20N2O5. The van der Waals surface area contributed by atoms with Crippen molar-refractivity contribution in [3.63, 3.8) is 0 Å². The number of nitrogens with one attached hydrogen (secondary N) is 2. The summed E-state index contributed by atoms with van der Waals surface area (Å²) in [6.45, 7) is -0.416. The van der Waals surface area contributed by atoms with Crippen molar-refractivity contribution in [2.75, 3.05) is 11.9 Å². The SMILES string of the molecule is N=Cc1ccc(C(=O)Nc2ccc3c(c2)CCC(OCC(=O)C(=O)O)C3)cc1. The molecule has 7 heteroatoms. The van der Waals surface area contributed by atoms with Crippen molar-refractivity contribution in [3.05, 3.63) is 64.7 Å². The Hall–Kier alpha value is -3.32. The summed E-state index contributed by atoms with van der Waals surface area (Å²) in [6.07, 6.45) is 3.03. The van der Waals surface area contributed by atoms with Crippen LogP contribution in [0.25, 0.3) is 0 Å². The predicted molar refractivity (Wildman–Crippen MR) is 103 cm³/mol. The van der Waals surface area contributed by atoms with Gasteiger partial charge in [-0.2, -0.15) is 0 Å². The highest BCUT2D eigenvalue weighted by Crippen LogP contribution is 2.26. The Kier molecular flexibility index (Phi) is 5.96. The second kappa shape index (κ2) is 8.58. The zero-order valence-electron chi connectivity index (χ0n) is 15.1. The average molecular weight is 380 g/mol. The van der Waals surface area contributed by atoms with Gasteiger partial charge in [0.1, 0.15) is 6.61 Å². The third-order valence-corrected chi connectivity index (χ3v) is 4.68. The molecule has 0 fully saturated rings. The number of ketones is 1. The first-order chi connectivity index (χ1) is 13.5. The van der Waals surface area contributed by atoms with Crippen molar-refractivity contribution >= 4 is 29.6 Å². The molecule has 0 aliphatic heterocycles. The molecule has 1 atom stereocenters. The molecule has 0 bridgehead atoms. The molecule has 144 valence electrons. The molecule has 2 aromatic rings. The van der Waals surface area contributed by atoms with Crippen molar-refractivity contribution in [2.24, 2.45) is 0 Å². The highest BCUT2D eigenvalue weighted by molar-refractivity contribution is 6.33. The van der Waals surface area contributed by atoms with Crippen LogP contribution in [0.2, 0.25) is 0 Å². The quantitative estimate of drug-likeness (QED) is 0.504. The first-order valence-corrected chi connectivity index (χ1v) is 8.87. The number of ether oxygens (including phenoxy) is 1. The van der Waals surface area contributed by atoms with Crippen LogP contribution in [0.5, 0.6) is 0 Å². The van der Waals surface area contributed by atoms with Crippen molar-refractivity contribution in [3.8, 4) is 0 Å². The van der Waals surface area contributed by atoms with E-state index in [4.69, 9.17) is 15.3 Å². The number of anilines is 1. The maximum absolute atomic E-state index is 12.4. The number of amides is 1. The number of carbonyl (C=O) groups is 3. The molecule has 1 aliphatic carbocycles. The van der Waals surface area contributed by atoms with E-state index in [1.54, 1.807) is 24.3 Å². The molecule has 2 aromatic carbocycles. The number of carbonyl (C=O) groups excluding carboxylic acids is 2. The van der Waals surface area contributed by atoms with E-state index in [2.05, 4.69) is 5.32 Å². The Morgan fingerprint density at radius 1 is 1.14 bits per heavy atom. The second-order valence-electron chi connectivity index (χ2n) is 6.61. The monoisotopic (exact) mass is 380 g/mol. The molecule has 3 rings (SSSR count). The van der Waals surface area contributed by atoms with Crippen LogP contribution in [0.15, 0.2) is 42.5 Å². The fourth-order valence-electron chi connectivity index (χ4n) is 3.13. The Balaban J connectivity index is 1.61. The van der Waals surface area contributed by atoms with Crippen LogP contribution >= 0.6 is 0 Å². The number of Topliss-reactive ketones (excluding diaryl/α,β-unsaturated/α-hetero) is 1. The van der Waals surface area contributed by atoms with Gasteiger partial charge in [0.2, 0.25) is 0 Å². The fraction of sp³-hybridized carbons (Fsp3) is 0.238. The van der Waals surface area contributed by atoms with Crippen molar-refractivity contribution in [1.29, 1.82) is 5.41 Å². The van der Waals surface area contributed by atoms with Gasteiger partial charge < -0.3 is 20.6 Å². The van der Waals surface area contributed by atoms with Gasteiger partial charge in [0.15, 0.2) is 0 Å². The number of hydrogen-bond donors (Lipinski definition) is 3. The summed E-state index contributed by atoms with van der Waals surface area (Å²) in [5.74, 6) is -2.65. The molecule has 0 aromatic heterocycles. The van der Waals surface area contributed by atoms with Gasteiger partial charge in [-0.15, -0.1) is 0 Å². The second-order valence-corrected chi connectivity index (χ2v) is 6.61. The minimum Gasteiger partial charge on any atom is -0.475 e. The molecular weight excluding hydrogens is 360 g/mol. The highest BCUT2D eigenvalue weighted by Gasteiger charge is 2.22. The lowest BCUT2D eigenvalue weighted by Gasteiger charge is -2.25.